The minimum absolute atomic E-state index is 0.199. The zero-order chi connectivity index (χ0) is 25.1. The maximum Gasteiger partial charge on any atom is 0.410 e. The molecule has 1 aromatic rings. The largest absolute Gasteiger partial charge is 0.444 e. The molecule has 184 valence electrons. The van der Waals surface area contributed by atoms with Gasteiger partial charge < -0.3 is 19.6 Å². The number of amides is 4. The number of likely N-dealkylation sites (tertiary alicyclic amines) is 1. The molecule has 2 saturated heterocycles. The standard InChI is InChI=1S/C25H33N3O6/c1-23(2,3)34-22(32)28-11-10-25(33,14-24(28,4)5)16-6-7-17-15(12-16)13-27(21(17)31)18-8-9-19(29)26-20(18)30/h6-7,12,18,33H,8-11,13-14H2,1-5H3,(H,26,29,30)/t18?,25-/m0/s1. The smallest absolute Gasteiger partial charge is 0.410 e. The second-order valence-corrected chi connectivity index (χ2v) is 11.2. The van der Waals surface area contributed by atoms with Crippen LogP contribution in [-0.2, 0) is 26.5 Å². The molecule has 2 N–H and O–H groups in total. The molecule has 2 atom stereocenters. The molecule has 34 heavy (non-hydrogen) atoms. The third kappa shape index (κ3) is 4.41. The van der Waals surface area contributed by atoms with Gasteiger partial charge in [-0.15, -0.1) is 0 Å². The Morgan fingerprint density at radius 3 is 2.53 bits per heavy atom. The van der Waals surface area contributed by atoms with Gasteiger partial charge in [0.25, 0.3) is 5.91 Å². The molecular formula is C25H33N3O6. The number of nitrogens with zero attached hydrogens (tertiary/aromatic N) is 2. The Hall–Kier alpha value is -2.94. The van der Waals surface area contributed by atoms with Crippen LogP contribution in [0.2, 0.25) is 0 Å². The average Bonchev–Trinajstić information content (AvgIpc) is 3.01. The van der Waals surface area contributed by atoms with Gasteiger partial charge in [0.1, 0.15) is 11.6 Å². The Balaban J connectivity index is 1.53. The third-order valence-corrected chi connectivity index (χ3v) is 6.88. The van der Waals surface area contributed by atoms with Crippen molar-refractivity contribution in [3.63, 3.8) is 0 Å². The molecule has 3 heterocycles. The van der Waals surface area contributed by atoms with Crippen LogP contribution in [0.15, 0.2) is 18.2 Å². The predicted octanol–water partition coefficient (Wildman–Crippen LogP) is 2.44. The van der Waals surface area contributed by atoms with Crippen LogP contribution >= 0.6 is 0 Å². The Morgan fingerprint density at radius 1 is 1.21 bits per heavy atom. The summed E-state index contributed by atoms with van der Waals surface area (Å²) in [4.78, 5) is 52.6. The first-order valence-corrected chi connectivity index (χ1v) is 11.7. The van der Waals surface area contributed by atoms with Gasteiger partial charge in [-0.3, -0.25) is 19.7 Å². The first-order chi connectivity index (χ1) is 15.7. The summed E-state index contributed by atoms with van der Waals surface area (Å²) in [5.74, 6) is -1.02. The molecule has 0 saturated carbocycles. The summed E-state index contributed by atoms with van der Waals surface area (Å²) in [5.41, 5.74) is -0.510. The maximum atomic E-state index is 13.0. The first-order valence-electron chi connectivity index (χ1n) is 11.7. The van der Waals surface area contributed by atoms with Crippen molar-refractivity contribution in [1.29, 1.82) is 0 Å². The number of carbonyl (C=O) groups excluding carboxylic acids is 4. The maximum absolute atomic E-state index is 13.0. The summed E-state index contributed by atoms with van der Waals surface area (Å²) in [7, 11) is 0. The van der Waals surface area contributed by atoms with Crippen molar-refractivity contribution >= 4 is 23.8 Å². The minimum Gasteiger partial charge on any atom is -0.444 e. The van der Waals surface area contributed by atoms with Crippen LogP contribution in [0.3, 0.4) is 0 Å². The van der Waals surface area contributed by atoms with E-state index in [0.717, 1.165) is 5.56 Å². The molecule has 0 aliphatic carbocycles. The highest BCUT2D eigenvalue weighted by atomic mass is 16.6. The Bertz CT molecular complexity index is 1060. The number of benzene rings is 1. The lowest BCUT2D eigenvalue weighted by Gasteiger charge is -2.49. The Morgan fingerprint density at radius 2 is 1.91 bits per heavy atom. The van der Waals surface area contributed by atoms with Gasteiger partial charge in [0, 0.05) is 37.0 Å². The molecule has 0 spiro atoms. The van der Waals surface area contributed by atoms with Gasteiger partial charge in [0.2, 0.25) is 11.8 Å². The second kappa shape index (κ2) is 8.08. The number of nitrogens with one attached hydrogen (secondary N) is 1. The molecule has 4 rings (SSSR count). The van der Waals surface area contributed by atoms with Gasteiger partial charge in [0.05, 0.1) is 5.60 Å². The minimum atomic E-state index is -1.18. The zero-order valence-electron chi connectivity index (χ0n) is 20.4. The lowest BCUT2D eigenvalue weighted by molar-refractivity contribution is -0.136. The van der Waals surface area contributed by atoms with Gasteiger partial charge in [-0.1, -0.05) is 12.1 Å². The molecule has 9 heteroatoms. The molecule has 0 aromatic heterocycles. The summed E-state index contributed by atoms with van der Waals surface area (Å²) in [6, 6.07) is 4.60. The molecule has 1 unspecified atom stereocenters. The van der Waals surface area contributed by atoms with E-state index in [1.807, 2.05) is 40.7 Å². The Labute approximate surface area is 199 Å². The molecule has 2 fully saturated rings. The van der Waals surface area contributed by atoms with Crippen molar-refractivity contribution in [2.24, 2.45) is 0 Å². The van der Waals surface area contributed by atoms with E-state index in [4.69, 9.17) is 4.74 Å². The van der Waals surface area contributed by atoms with Crippen molar-refractivity contribution in [3.05, 3.63) is 34.9 Å². The fourth-order valence-corrected chi connectivity index (χ4v) is 5.26. The lowest BCUT2D eigenvalue weighted by Crippen LogP contribution is -2.58. The third-order valence-electron chi connectivity index (χ3n) is 6.88. The highest BCUT2D eigenvalue weighted by molar-refractivity contribution is 6.05. The van der Waals surface area contributed by atoms with Crippen LogP contribution in [0.5, 0.6) is 0 Å². The van der Waals surface area contributed by atoms with E-state index in [9.17, 15) is 24.3 Å². The van der Waals surface area contributed by atoms with Crippen LogP contribution < -0.4 is 5.32 Å². The van der Waals surface area contributed by atoms with E-state index < -0.39 is 34.8 Å². The summed E-state index contributed by atoms with van der Waals surface area (Å²) < 4.78 is 5.55. The number of hydrogen-bond acceptors (Lipinski definition) is 6. The van der Waals surface area contributed by atoms with Gasteiger partial charge in [0.15, 0.2) is 0 Å². The van der Waals surface area contributed by atoms with E-state index in [-0.39, 0.29) is 24.8 Å². The van der Waals surface area contributed by atoms with Crippen molar-refractivity contribution in [2.75, 3.05) is 6.54 Å². The van der Waals surface area contributed by atoms with Crippen LogP contribution in [0.1, 0.15) is 81.8 Å². The number of fused-ring (bicyclic) bond motifs is 1. The fraction of sp³-hybridized carbons (Fsp3) is 0.600. The summed E-state index contributed by atoms with van der Waals surface area (Å²) in [5, 5.41) is 13.9. The summed E-state index contributed by atoms with van der Waals surface area (Å²) in [6.07, 6.45) is 0.738. The van der Waals surface area contributed by atoms with E-state index in [1.54, 1.807) is 17.0 Å². The molecule has 1 aromatic carbocycles. The van der Waals surface area contributed by atoms with Crippen molar-refractivity contribution < 1.29 is 29.0 Å². The van der Waals surface area contributed by atoms with Crippen LogP contribution in [0, 0.1) is 0 Å². The normalized spacial score (nSPS) is 26.9. The highest BCUT2D eigenvalue weighted by Crippen LogP contribution is 2.42. The average molecular weight is 472 g/mol. The Kier molecular flexibility index (Phi) is 5.75. The number of hydrogen-bond donors (Lipinski definition) is 2. The van der Waals surface area contributed by atoms with Crippen LogP contribution in [-0.4, -0.2) is 62.4 Å². The first kappa shape index (κ1) is 24.2. The number of aliphatic hydroxyl groups is 1. The summed E-state index contributed by atoms with van der Waals surface area (Å²) in [6.45, 7) is 9.85. The van der Waals surface area contributed by atoms with E-state index in [1.165, 1.54) is 4.90 Å². The number of piperidine rings is 2. The SMILES string of the molecule is CC(C)(C)OC(=O)N1CC[C@@](O)(c2ccc3c(c2)CN(C2CCC(=O)NC2=O)C3=O)CC1(C)C. The topological polar surface area (TPSA) is 116 Å². The molecular weight excluding hydrogens is 438 g/mol. The number of rotatable bonds is 2. The quantitative estimate of drug-likeness (QED) is 0.640. The predicted molar refractivity (Wildman–Crippen MR) is 123 cm³/mol. The van der Waals surface area contributed by atoms with E-state index >= 15 is 0 Å². The zero-order valence-corrected chi connectivity index (χ0v) is 20.4. The molecule has 4 amide bonds. The van der Waals surface area contributed by atoms with Crippen molar-refractivity contribution in [3.8, 4) is 0 Å². The molecule has 3 aliphatic rings. The van der Waals surface area contributed by atoms with Gasteiger partial charge in [-0.2, -0.15) is 0 Å². The van der Waals surface area contributed by atoms with Crippen LogP contribution in [0.4, 0.5) is 4.79 Å². The van der Waals surface area contributed by atoms with Gasteiger partial charge in [-0.25, -0.2) is 4.79 Å². The number of carbonyl (C=O) groups is 4. The number of ether oxygens (including phenoxy) is 1. The molecule has 3 aliphatic heterocycles. The monoisotopic (exact) mass is 471 g/mol. The molecule has 0 bridgehead atoms. The summed E-state index contributed by atoms with van der Waals surface area (Å²) >= 11 is 0. The van der Waals surface area contributed by atoms with Gasteiger partial charge >= 0.3 is 6.09 Å². The van der Waals surface area contributed by atoms with Crippen LogP contribution in [0.25, 0.3) is 0 Å². The second-order valence-electron chi connectivity index (χ2n) is 11.2. The molecule has 0 radical (unpaired) electrons. The highest BCUT2D eigenvalue weighted by Gasteiger charge is 2.47. The van der Waals surface area contributed by atoms with E-state index in [2.05, 4.69) is 5.32 Å². The van der Waals surface area contributed by atoms with Gasteiger partial charge in [-0.05, 0) is 64.7 Å². The van der Waals surface area contributed by atoms with Crippen molar-refractivity contribution in [1.82, 2.24) is 15.1 Å². The van der Waals surface area contributed by atoms with Crippen molar-refractivity contribution in [2.45, 2.75) is 89.6 Å². The molecule has 9 nitrogen and oxygen atoms in total. The van der Waals surface area contributed by atoms with E-state index in [0.29, 0.717) is 36.9 Å². The number of imide groups is 1. The fourth-order valence-electron chi connectivity index (χ4n) is 5.26. The lowest BCUT2D eigenvalue weighted by atomic mass is 9.75.